The molecule has 0 aliphatic heterocycles. The lowest BCUT2D eigenvalue weighted by Gasteiger charge is -2.21. The van der Waals surface area contributed by atoms with Gasteiger partial charge in [-0.3, -0.25) is 10.0 Å². The first-order valence-corrected chi connectivity index (χ1v) is 9.86. The van der Waals surface area contributed by atoms with E-state index in [1.54, 1.807) is 42.5 Å². The molecule has 3 aromatic carbocycles. The van der Waals surface area contributed by atoms with Crippen LogP contribution in [0, 0.1) is 12.1 Å². The van der Waals surface area contributed by atoms with Crippen molar-refractivity contribution >= 4 is 23.5 Å². The summed E-state index contributed by atoms with van der Waals surface area (Å²) in [6.07, 6.45) is 3.01. The molecule has 8 heteroatoms. The number of hydrogen-bond acceptors (Lipinski definition) is 8. The fraction of sp³-hybridized carbons (Fsp3) is 0.120. The molecule has 33 heavy (non-hydrogen) atoms. The summed E-state index contributed by atoms with van der Waals surface area (Å²) >= 11 is 0. The number of ketones is 1. The number of methoxy groups -OCH3 is 2. The van der Waals surface area contributed by atoms with Gasteiger partial charge in [-0.15, -0.1) is 0 Å². The maximum absolute atomic E-state index is 12.9. The highest BCUT2D eigenvalue weighted by atomic mass is 16.8. The number of nitrogens with zero attached hydrogens (tertiary/aromatic N) is 1. The number of hydrogen-bond donors (Lipinski definition) is 1. The summed E-state index contributed by atoms with van der Waals surface area (Å²) in [7, 11) is 3.06. The third kappa shape index (κ3) is 5.76. The average molecular weight is 448 g/mol. The Bertz CT molecular complexity index is 1180. The van der Waals surface area contributed by atoms with Gasteiger partial charge in [0.1, 0.15) is 5.75 Å². The highest BCUT2D eigenvalue weighted by Gasteiger charge is 2.16. The second-order valence-electron chi connectivity index (χ2n) is 7.02. The second-order valence-corrected chi connectivity index (χ2v) is 7.02. The molecule has 0 radical (unpaired) electrons. The summed E-state index contributed by atoms with van der Waals surface area (Å²) in [5.74, 6) is 0.144. The van der Waals surface area contributed by atoms with E-state index in [0.717, 1.165) is 11.1 Å². The van der Waals surface area contributed by atoms with Gasteiger partial charge in [-0.05, 0) is 67.1 Å². The van der Waals surface area contributed by atoms with E-state index in [1.807, 2.05) is 6.92 Å². The van der Waals surface area contributed by atoms with Crippen LogP contribution in [0.1, 0.15) is 31.8 Å². The average Bonchev–Trinajstić information content (AvgIpc) is 2.83. The number of aryl methyl sites for hydroxylation is 1. The highest BCUT2D eigenvalue weighted by molar-refractivity contribution is 6.09. The van der Waals surface area contributed by atoms with Crippen LogP contribution in [0.15, 0.2) is 66.7 Å². The van der Waals surface area contributed by atoms with Crippen LogP contribution in [0.3, 0.4) is 0 Å². The van der Waals surface area contributed by atoms with E-state index in [9.17, 15) is 14.8 Å². The van der Waals surface area contributed by atoms with Crippen LogP contribution in [0.2, 0.25) is 0 Å². The number of allylic oxidation sites excluding steroid dienone is 1. The van der Waals surface area contributed by atoms with Crippen molar-refractivity contribution in [3.63, 3.8) is 0 Å². The van der Waals surface area contributed by atoms with Crippen LogP contribution in [0.25, 0.3) is 6.08 Å². The lowest BCUT2D eigenvalue weighted by Crippen LogP contribution is -2.12. The summed E-state index contributed by atoms with van der Waals surface area (Å²) in [5.41, 5.74) is 1.89. The van der Waals surface area contributed by atoms with Gasteiger partial charge in [0.2, 0.25) is 0 Å². The maximum Gasteiger partial charge on any atom is 0.343 e. The van der Waals surface area contributed by atoms with Crippen molar-refractivity contribution in [3.05, 3.63) is 94.2 Å². The molecular weight excluding hydrogens is 426 g/mol. The Morgan fingerprint density at radius 1 is 0.909 bits per heavy atom. The second kappa shape index (κ2) is 10.4. The van der Waals surface area contributed by atoms with Crippen molar-refractivity contribution in [2.45, 2.75) is 6.92 Å². The number of ether oxygens (including phenoxy) is 3. The molecule has 0 amide bonds. The van der Waals surface area contributed by atoms with E-state index in [1.165, 1.54) is 44.6 Å². The molecule has 3 rings (SSSR count). The SMILES string of the molecule is COc1ccc(C=CC(=O)c2cc(C)ccc2OC(=O)c2ccc(N([O-])O)cc2)cc1OC. The van der Waals surface area contributed by atoms with Crippen molar-refractivity contribution < 1.29 is 29.0 Å². The molecule has 0 aliphatic carbocycles. The van der Waals surface area contributed by atoms with Gasteiger partial charge in [-0.1, -0.05) is 23.8 Å². The summed E-state index contributed by atoms with van der Waals surface area (Å²) in [6, 6.07) is 15.4. The number of benzene rings is 3. The first kappa shape index (κ1) is 23.5. The normalized spacial score (nSPS) is 10.7. The molecule has 170 valence electrons. The fourth-order valence-electron chi connectivity index (χ4n) is 3.03. The molecule has 0 spiro atoms. The summed E-state index contributed by atoms with van der Waals surface area (Å²) in [4.78, 5) is 25.4. The first-order chi connectivity index (χ1) is 15.8. The van der Waals surface area contributed by atoms with Gasteiger partial charge < -0.3 is 24.6 Å². The third-order valence-corrected chi connectivity index (χ3v) is 4.76. The summed E-state index contributed by atoms with van der Waals surface area (Å²) in [5, 5.41) is 19.5. The van der Waals surface area contributed by atoms with Crippen molar-refractivity contribution in [2.24, 2.45) is 0 Å². The van der Waals surface area contributed by atoms with E-state index < -0.39 is 5.97 Å². The van der Waals surface area contributed by atoms with Gasteiger partial charge in [0.25, 0.3) is 0 Å². The van der Waals surface area contributed by atoms with E-state index in [-0.39, 0.29) is 33.6 Å². The van der Waals surface area contributed by atoms with Crippen LogP contribution >= 0.6 is 0 Å². The smallest absolute Gasteiger partial charge is 0.343 e. The minimum Gasteiger partial charge on any atom is -0.733 e. The Morgan fingerprint density at radius 2 is 1.58 bits per heavy atom. The Hall–Kier alpha value is -4.14. The van der Waals surface area contributed by atoms with Gasteiger partial charge >= 0.3 is 5.97 Å². The fourth-order valence-corrected chi connectivity index (χ4v) is 3.03. The molecule has 0 aromatic heterocycles. The molecule has 0 heterocycles. The third-order valence-electron chi connectivity index (χ3n) is 4.76. The lowest BCUT2D eigenvalue weighted by atomic mass is 10.0. The van der Waals surface area contributed by atoms with E-state index in [2.05, 4.69) is 0 Å². The zero-order chi connectivity index (χ0) is 24.0. The number of carbonyl (C=O) groups is 2. The van der Waals surface area contributed by atoms with E-state index >= 15 is 0 Å². The largest absolute Gasteiger partial charge is 0.733 e. The zero-order valence-electron chi connectivity index (χ0n) is 18.3. The summed E-state index contributed by atoms with van der Waals surface area (Å²) in [6.45, 7) is 1.82. The molecule has 0 fully saturated rings. The number of anilines is 1. The Balaban J connectivity index is 1.82. The summed E-state index contributed by atoms with van der Waals surface area (Å²) < 4.78 is 15.9. The molecular formula is C25H22NO7-. The molecule has 0 atom stereocenters. The van der Waals surface area contributed by atoms with Crippen molar-refractivity contribution in [1.29, 1.82) is 0 Å². The Kier molecular flexibility index (Phi) is 7.45. The van der Waals surface area contributed by atoms with Crippen LogP contribution in [-0.4, -0.2) is 31.2 Å². The molecule has 0 saturated carbocycles. The van der Waals surface area contributed by atoms with Gasteiger partial charge in [0.05, 0.1) is 31.0 Å². The molecule has 1 N–H and O–H groups in total. The monoisotopic (exact) mass is 448 g/mol. The van der Waals surface area contributed by atoms with Gasteiger partial charge in [0.15, 0.2) is 17.3 Å². The number of rotatable bonds is 8. The molecule has 0 unspecified atom stereocenters. The van der Waals surface area contributed by atoms with Crippen molar-refractivity contribution in [2.75, 3.05) is 19.4 Å². The van der Waals surface area contributed by atoms with E-state index in [4.69, 9.17) is 19.4 Å². The molecule has 0 saturated heterocycles. The predicted octanol–water partition coefficient (Wildman–Crippen LogP) is 4.82. The van der Waals surface area contributed by atoms with E-state index in [0.29, 0.717) is 11.5 Å². The Labute approximate surface area is 190 Å². The quantitative estimate of drug-likeness (QED) is 0.172. The minimum absolute atomic E-state index is 0.0296. The predicted molar refractivity (Wildman–Crippen MR) is 123 cm³/mol. The van der Waals surface area contributed by atoms with Gasteiger partial charge in [0, 0.05) is 0 Å². The lowest BCUT2D eigenvalue weighted by molar-refractivity contribution is 0.0733. The minimum atomic E-state index is -0.710. The van der Waals surface area contributed by atoms with Gasteiger partial charge in [-0.25, -0.2) is 4.79 Å². The van der Waals surface area contributed by atoms with Crippen molar-refractivity contribution in [3.8, 4) is 17.2 Å². The first-order valence-electron chi connectivity index (χ1n) is 9.86. The van der Waals surface area contributed by atoms with Crippen LogP contribution in [0.4, 0.5) is 5.69 Å². The zero-order valence-corrected chi connectivity index (χ0v) is 18.3. The van der Waals surface area contributed by atoms with Crippen LogP contribution in [0.5, 0.6) is 17.2 Å². The molecule has 8 nitrogen and oxygen atoms in total. The standard InChI is InChI=1S/C25H22NO7/c1-16-4-12-22(33-25(28)18-7-9-19(10-8-18)26(29)30)20(14-16)21(27)11-5-17-6-13-23(31-2)24(15-17)32-3/h4-15,29H,1-3H3/q-1. The van der Waals surface area contributed by atoms with Crippen molar-refractivity contribution in [1.82, 2.24) is 0 Å². The maximum atomic E-state index is 12.9. The highest BCUT2D eigenvalue weighted by Crippen LogP contribution is 2.28. The Morgan fingerprint density at radius 3 is 2.21 bits per heavy atom. The van der Waals surface area contributed by atoms with Gasteiger partial charge in [-0.2, -0.15) is 0 Å². The molecule has 0 bridgehead atoms. The topological polar surface area (TPSA) is 108 Å². The van der Waals surface area contributed by atoms with Crippen LogP contribution in [-0.2, 0) is 0 Å². The number of carbonyl (C=O) groups excluding carboxylic acids is 2. The van der Waals surface area contributed by atoms with Crippen LogP contribution < -0.4 is 19.4 Å². The molecule has 3 aromatic rings. The molecule has 0 aliphatic rings. The number of esters is 1.